The molecule has 0 amide bonds. The van der Waals surface area contributed by atoms with Crippen LogP contribution in [0.3, 0.4) is 0 Å². The average Bonchev–Trinajstić information content (AvgIpc) is 2.48. The quantitative estimate of drug-likeness (QED) is 0.504. The van der Waals surface area contributed by atoms with Crippen molar-refractivity contribution < 1.29 is 8.42 Å². The molecule has 0 heterocycles. The predicted octanol–water partition coefficient (Wildman–Crippen LogP) is 2.71. The van der Waals surface area contributed by atoms with E-state index >= 15 is 0 Å². The Morgan fingerprint density at radius 3 is 2.29 bits per heavy atom. The first kappa shape index (κ1) is 15.3. The number of alkyl halides is 1. The Labute approximate surface area is 128 Å². The number of aliphatic imine (C=N–C) groups is 1. The number of hydrogen-bond donors (Lipinski definition) is 2. The van der Waals surface area contributed by atoms with Gasteiger partial charge >= 0.3 is 0 Å². The number of anilines is 1. The number of nitrogens with one attached hydrogen (secondary N) is 1. The maximum absolute atomic E-state index is 12.2. The van der Waals surface area contributed by atoms with Gasteiger partial charge in [0, 0.05) is 5.69 Å². The van der Waals surface area contributed by atoms with Gasteiger partial charge in [-0.25, -0.2) is 13.4 Å². The number of amidine groups is 1. The molecule has 0 saturated carbocycles. The number of nitrogens with zero attached hydrogens (tertiary/aromatic N) is 1. The van der Waals surface area contributed by atoms with Crippen LogP contribution in [0.25, 0.3) is 0 Å². The lowest BCUT2D eigenvalue weighted by Gasteiger charge is -2.08. The third kappa shape index (κ3) is 4.21. The minimum Gasteiger partial charge on any atom is -0.386 e. The van der Waals surface area contributed by atoms with E-state index in [9.17, 15) is 8.42 Å². The zero-order chi connectivity index (χ0) is 15.3. The van der Waals surface area contributed by atoms with Crippen LogP contribution in [-0.2, 0) is 10.0 Å². The van der Waals surface area contributed by atoms with Crippen molar-refractivity contribution in [1.82, 2.24) is 0 Å². The molecule has 2 aromatic carbocycles. The molecule has 0 fully saturated rings. The van der Waals surface area contributed by atoms with Crippen LogP contribution in [0.5, 0.6) is 0 Å². The first-order valence-corrected chi connectivity index (χ1v) is 8.10. The fourth-order valence-corrected chi connectivity index (χ4v) is 2.73. The molecule has 0 spiro atoms. The Kier molecular flexibility index (Phi) is 4.82. The standard InChI is InChI=1S/C14H14ClN3O2S/c15-10-14(16)17-11-6-8-13(9-7-11)21(19,20)18-12-4-2-1-3-5-12/h1-9,18H,10H2,(H2,16,17). The summed E-state index contributed by atoms with van der Waals surface area (Å²) in [5.74, 6) is 0.394. The van der Waals surface area contributed by atoms with E-state index in [1.165, 1.54) is 12.1 Å². The van der Waals surface area contributed by atoms with Crippen LogP contribution in [-0.4, -0.2) is 20.1 Å². The molecule has 0 aromatic heterocycles. The van der Waals surface area contributed by atoms with E-state index < -0.39 is 10.0 Å². The van der Waals surface area contributed by atoms with Gasteiger partial charge in [-0.1, -0.05) is 18.2 Å². The molecule has 0 atom stereocenters. The third-order valence-corrected chi connectivity index (χ3v) is 4.25. The fourth-order valence-electron chi connectivity index (χ4n) is 1.62. The molecule has 3 N–H and O–H groups in total. The van der Waals surface area contributed by atoms with Gasteiger partial charge in [0.1, 0.15) is 5.84 Å². The van der Waals surface area contributed by atoms with Crippen molar-refractivity contribution in [1.29, 1.82) is 0 Å². The summed E-state index contributed by atoms with van der Waals surface area (Å²) in [5, 5.41) is 0. The number of sulfonamides is 1. The Morgan fingerprint density at radius 2 is 1.71 bits per heavy atom. The van der Waals surface area contributed by atoms with Crippen LogP contribution < -0.4 is 10.5 Å². The van der Waals surface area contributed by atoms with E-state index in [1.54, 1.807) is 36.4 Å². The fraction of sp³-hybridized carbons (Fsp3) is 0.0714. The van der Waals surface area contributed by atoms with E-state index in [0.29, 0.717) is 11.4 Å². The summed E-state index contributed by atoms with van der Waals surface area (Å²) in [6.45, 7) is 0. The number of halogens is 1. The SMILES string of the molecule is NC(CCl)=Nc1ccc(S(=O)(=O)Nc2ccccc2)cc1. The summed E-state index contributed by atoms with van der Waals surface area (Å²) in [7, 11) is -3.62. The van der Waals surface area contributed by atoms with E-state index in [-0.39, 0.29) is 16.6 Å². The minimum atomic E-state index is -3.62. The normalized spacial score (nSPS) is 12.1. The minimum absolute atomic E-state index is 0.121. The van der Waals surface area contributed by atoms with E-state index in [0.717, 1.165) is 0 Å². The molecule has 0 unspecified atom stereocenters. The van der Waals surface area contributed by atoms with Gasteiger partial charge in [-0.05, 0) is 36.4 Å². The smallest absolute Gasteiger partial charge is 0.261 e. The Hall–Kier alpha value is -2.05. The molecule has 0 bridgehead atoms. The molecule has 2 aromatic rings. The summed E-state index contributed by atoms with van der Waals surface area (Å²) in [6.07, 6.45) is 0. The largest absolute Gasteiger partial charge is 0.386 e. The summed E-state index contributed by atoms with van der Waals surface area (Å²) in [5.41, 5.74) is 6.57. The lowest BCUT2D eigenvalue weighted by molar-refractivity contribution is 0.601. The maximum atomic E-state index is 12.2. The van der Waals surface area contributed by atoms with Gasteiger partial charge in [-0.3, -0.25) is 4.72 Å². The van der Waals surface area contributed by atoms with Gasteiger partial charge in [0.2, 0.25) is 0 Å². The summed E-state index contributed by atoms with van der Waals surface area (Å²) in [4.78, 5) is 4.18. The molecule has 110 valence electrons. The third-order valence-electron chi connectivity index (χ3n) is 2.58. The highest BCUT2D eigenvalue weighted by Crippen LogP contribution is 2.19. The highest BCUT2D eigenvalue weighted by atomic mass is 35.5. The number of nitrogens with two attached hydrogens (primary N) is 1. The van der Waals surface area contributed by atoms with E-state index in [1.807, 2.05) is 6.07 Å². The zero-order valence-electron chi connectivity index (χ0n) is 11.0. The molecule has 0 aliphatic heterocycles. The van der Waals surface area contributed by atoms with Crippen molar-refractivity contribution in [3.63, 3.8) is 0 Å². The van der Waals surface area contributed by atoms with Gasteiger partial charge in [-0.2, -0.15) is 0 Å². The van der Waals surface area contributed by atoms with Crippen LogP contribution in [0.2, 0.25) is 0 Å². The van der Waals surface area contributed by atoms with Crippen molar-refractivity contribution in [3.8, 4) is 0 Å². The molecular weight excluding hydrogens is 310 g/mol. The van der Waals surface area contributed by atoms with Crippen LogP contribution in [0.15, 0.2) is 64.5 Å². The monoisotopic (exact) mass is 323 g/mol. The van der Waals surface area contributed by atoms with Gasteiger partial charge in [-0.15, -0.1) is 11.6 Å². The van der Waals surface area contributed by atoms with Crippen LogP contribution in [0, 0.1) is 0 Å². The second kappa shape index (κ2) is 6.60. The highest BCUT2D eigenvalue weighted by Gasteiger charge is 2.13. The molecule has 21 heavy (non-hydrogen) atoms. The molecule has 7 heteroatoms. The first-order chi connectivity index (χ1) is 10.0. The second-order valence-corrected chi connectivity index (χ2v) is 6.15. The van der Waals surface area contributed by atoms with E-state index in [4.69, 9.17) is 17.3 Å². The average molecular weight is 324 g/mol. The van der Waals surface area contributed by atoms with Gasteiger partial charge in [0.25, 0.3) is 10.0 Å². The van der Waals surface area contributed by atoms with Crippen LogP contribution in [0.4, 0.5) is 11.4 Å². The Bertz CT molecular complexity index is 729. The lowest BCUT2D eigenvalue weighted by atomic mass is 10.3. The summed E-state index contributed by atoms with van der Waals surface area (Å²) < 4.78 is 26.9. The van der Waals surface area contributed by atoms with Crippen molar-refractivity contribution in [2.45, 2.75) is 4.90 Å². The molecule has 0 radical (unpaired) electrons. The van der Waals surface area contributed by atoms with Crippen LogP contribution in [0.1, 0.15) is 0 Å². The van der Waals surface area contributed by atoms with Crippen molar-refractivity contribution in [2.75, 3.05) is 10.6 Å². The molecule has 0 aliphatic rings. The van der Waals surface area contributed by atoms with Gasteiger partial charge in [0.05, 0.1) is 16.5 Å². The lowest BCUT2D eigenvalue weighted by Crippen LogP contribution is -2.13. The number of para-hydroxylation sites is 1. The van der Waals surface area contributed by atoms with Crippen molar-refractivity contribution in [3.05, 3.63) is 54.6 Å². The topological polar surface area (TPSA) is 84.5 Å². The van der Waals surface area contributed by atoms with Gasteiger partial charge < -0.3 is 5.73 Å². The molecule has 0 saturated heterocycles. The number of rotatable bonds is 5. The predicted molar refractivity (Wildman–Crippen MR) is 85.7 cm³/mol. The Morgan fingerprint density at radius 1 is 1.10 bits per heavy atom. The maximum Gasteiger partial charge on any atom is 0.261 e. The van der Waals surface area contributed by atoms with E-state index in [2.05, 4.69) is 9.71 Å². The van der Waals surface area contributed by atoms with Gasteiger partial charge in [0.15, 0.2) is 0 Å². The summed E-state index contributed by atoms with van der Waals surface area (Å²) in [6, 6.07) is 14.7. The molecule has 5 nitrogen and oxygen atoms in total. The first-order valence-electron chi connectivity index (χ1n) is 6.08. The molecule has 0 aliphatic carbocycles. The Balaban J connectivity index is 2.21. The number of benzene rings is 2. The molecule has 2 rings (SSSR count). The highest BCUT2D eigenvalue weighted by molar-refractivity contribution is 7.92. The zero-order valence-corrected chi connectivity index (χ0v) is 12.6. The number of hydrogen-bond acceptors (Lipinski definition) is 3. The van der Waals surface area contributed by atoms with Crippen molar-refractivity contribution >= 4 is 38.8 Å². The van der Waals surface area contributed by atoms with Crippen LogP contribution >= 0.6 is 11.6 Å². The second-order valence-electron chi connectivity index (χ2n) is 4.20. The molecular formula is C14H14ClN3O2S. The van der Waals surface area contributed by atoms with Crippen molar-refractivity contribution in [2.24, 2.45) is 10.7 Å². The summed E-state index contributed by atoms with van der Waals surface area (Å²) >= 11 is 5.53.